The number of phenolic OH excluding ortho intramolecular Hbond substituents is 1. The molecule has 0 heterocycles. The Morgan fingerprint density at radius 3 is 2.67 bits per heavy atom. The molecule has 0 fully saturated rings. The summed E-state index contributed by atoms with van der Waals surface area (Å²) < 4.78 is 0. The average molecular weight is 278 g/mol. The van der Waals surface area contributed by atoms with Crippen molar-refractivity contribution < 1.29 is 5.11 Å². The molecule has 4 nitrogen and oxygen atoms in total. The Labute approximate surface area is 122 Å². The van der Waals surface area contributed by atoms with Crippen LogP contribution in [0.5, 0.6) is 5.75 Å². The Hall–Kier alpha value is -2.88. The van der Waals surface area contributed by atoms with Crippen LogP contribution < -0.4 is 5.32 Å². The van der Waals surface area contributed by atoms with E-state index in [1.54, 1.807) is 6.07 Å². The number of benzene rings is 3. The molecule has 3 aromatic carbocycles. The molecule has 0 aliphatic heterocycles. The van der Waals surface area contributed by atoms with Gasteiger partial charge in [0, 0.05) is 23.2 Å². The van der Waals surface area contributed by atoms with Gasteiger partial charge in [0.05, 0.1) is 0 Å². The third kappa shape index (κ3) is 2.69. The summed E-state index contributed by atoms with van der Waals surface area (Å²) in [7, 11) is 0. The van der Waals surface area contributed by atoms with Gasteiger partial charge in [0.1, 0.15) is 11.4 Å². The van der Waals surface area contributed by atoms with Gasteiger partial charge in [0.15, 0.2) is 0 Å². The fraction of sp³-hybridized carbons (Fsp3) is 0.0588. The van der Waals surface area contributed by atoms with Crippen molar-refractivity contribution in [3.8, 4) is 5.75 Å². The summed E-state index contributed by atoms with van der Waals surface area (Å²) in [5.41, 5.74) is 1.93. The minimum absolute atomic E-state index is 0.148. The summed E-state index contributed by atoms with van der Waals surface area (Å²) in [6.07, 6.45) is 0. The molecule has 0 saturated heterocycles. The van der Waals surface area contributed by atoms with E-state index in [2.05, 4.69) is 22.6 Å². The Balaban J connectivity index is 1.88. The van der Waals surface area contributed by atoms with Gasteiger partial charge in [0.25, 0.3) is 0 Å². The number of nitroso groups, excluding NO2 is 1. The summed E-state index contributed by atoms with van der Waals surface area (Å²) in [6.45, 7) is 0.420. The van der Waals surface area contributed by atoms with E-state index < -0.39 is 0 Å². The van der Waals surface area contributed by atoms with Crippen LogP contribution in [0, 0.1) is 4.91 Å². The van der Waals surface area contributed by atoms with Crippen LogP contribution in [-0.4, -0.2) is 5.11 Å². The lowest BCUT2D eigenvalue weighted by molar-refractivity contribution is 0.469. The molecule has 0 aliphatic carbocycles. The summed E-state index contributed by atoms with van der Waals surface area (Å²) in [4.78, 5) is 10.6. The third-order valence-electron chi connectivity index (χ3n) is 3.43. The Morgan fingerprint density at radius 1 is 1.00 bits per heavy atom. The van der Waals surface area contributed by atoms with E-state index in [4.69, 9.17) is 0 Å². The molecule has 104 valence electrons. The maximum absolute atomic E-state index is 10.6. The lowest BCUT2D eigenvalue weighted by Crippen LogP contribution is -2.00. The molecule has 0 bridgehead atoms. The monoisotopic (exact) mass is 278 g/mol. The molecule has 0 aliphatic rings. The lowest BCUT2D eigenvalue weighted by Gasteiger charge is -2.11. The second kappa shape index (κ2) is 5.63. The second-order valence-corrected chi connectivity index (χ2v) is 4.78. The van der Waals surface area contributed by atoms with Crippen molar-refractivity contribution in [3.05, 3.63) is 71.1 Å². The first-order chi connectivity index (χ1) is 10.3. The van der Waals surface area contributed by atoms with E-state index in [9.17, 15) is 10.0 Å². The smallest absolute Gasteiger partial charge is 0.120 e. The van der Waals surface area contributed by atoms with Crippen LogP contribution in [0.1, 0.15) is 5.56 Å². The molecule has 0 atom stereocenters. The van der Waals surface area contributed by atoms with Crippen LogP contribution >= 0.6 is 0 Å². The topological polar surface area (TPSA) is 61.7 Å². The highest BCUT2D eigenvalue weighted by atomic mass is 16.3. The van der Waals surface area contributed by atoms with Gasteiger partial charge in [-0.15, -0.1) is 4.91 Å². The molecule has 4 heteroatoms. The Kier molecular flexibility index (Phi) is 3.51. The molecule has 3 aromatic rings. The average Bonchev–Trinajstić information content (AvgIpc) is 2.54. The first-order valence-electron chi connectivity index (χ1n) is 6.65. The largest absolute Gasteiger partial charge is 0.508 e. The standard InChI is InChI=1S/C17H14N2O2/c20-17-9-8-14(19-21)10-13(17)11-18-16-7-3-5-12-4-1-2-6-15(12)16/h1-10,18,20H,11H2. The van der Waals surface area contributed by atoms with Crippen LogP contribution in [0.15, 0.2) is 65.8 Å². The van der Waals surface area contributed by atoms with Crippen molar-refractivity contribution in [1.29, 1.82) is 0 Å². The molecule has 0 amide bonds. The van der Waals surface area contributed by atoms with Crippen molar-refractivity contribution in [1.82, 2.24) is 0 Å². The van der Waals surface area contributed by atoms with Crippen LogP contribution in [-0.2, 0) is 6.54 Å². The first-order valence-corrected chi connectivity index (χ1v) is 6.65. The van der Waals surface area contributed by atoms with E-state index in [0.29, 0.717) is 17.8 Å². The fourth-order valence-electron chi connectivity index (χ4n) is 2.34. The van der Waals surface area contributed by atoms with E-state index in [1.807, 2.05) is 30.3 Å². The van der Waals surface area contributed by atoms with Gasteiger partial charge >= 0.3 is 0 Å². The number of nitrogens with zero attached hydrogens (tertiary/aromatic N) is 1. The SMILES string of the molecule is O=Nc1ccc(O)c(CNc2cccc3ccccc23)c1. The Bertz CT molecular complexity index is 794. The molecule has 0 aromatic heterocycles. The molecular weight excluding hydrogens is 264 g/mol. The van der Waals surface area contributed by atoms with Gasteiger partial charge in [-0.1, -0.05) is 36.4 Å². The van der Waals surface area contributed by atoms with Crippen molar-refractivity contribution in [2.75, 3.05) is 5.32 Å². The zero-order valence-electron chi connectivity index (χ0n) is 11.3. The van der Waals surface area contributed by atoms with Gasteiger partial charge in [-0.05, 0) is 34.8 Å². The number of fused-ring (bicyclic) bond motifs is 1. The molecule has 21 heavy (non-hydrogen) atoms. The number of hydrogen-bond donors (Lipinski definition) is 2. The van der Waals surface area contributed by atoms with Crippen LogP contribution in [0.3, 0.4) is 0 Å². The Morgan fingerprint density at radius 2 is 1.81 bits per heavy atom. The highest BCUT2D eigenvalue weighted by Gasteiger charge is 2.05. The van der Waals surface area contributed by atoms with Gasteiger partial charge in [-0.3, -0.25) is 0 Å². The van der Waals surface area contributed by atoms with Crippen molar-refractivity contribution in [2.24, 2.45) is 5.18 Å². The summed E-state index contributed by atoms with van der Waals surface area (Å²) >= 11 is 0. The van der Waals surface area contributed by atoms with Crippen LogP contribution in [0.4, 0.5) is 11.4 Å². The quantitative estimate of drug-likeness (QED) is 0.688. The van der Waals surface area contributed by atoms with Gasteiger partial charge in [-0.2, -0.15) is 0 Å². The van der Waals surface area contributed by atoms with Gasteiger partial charge in [-0.25, -0.2) is 0 Å². The molecule has 0 spiro atoms. The van der Waals surface area contributed by atoms with E-state index >= 15 is 0 Å². The van der Waals surface area contributed by atoms with Gasteiger partial charge in [0.2, 0.25) is 0 Å². The van der Waals surface area contributed by atoms with Crippen molar-refractivity contribution in [2.45, 2.75) is 6.54 Å². The van der Waals surface area contributed by atoms with E-state index in [0.717, 1.165) is 16.5 Å². The van der Waals surface area contributed by atoms with Crippen LogP contribution in [0.25, 0.3) is 10.8 Å². The second-order valence-electron chi connectivity index (χ2n) is 4.78. The minimum atomic E-state index is 0.148. The molecule has 0 unspecified atom stereocenters. The summed E-state index contributed by atoms with van der Waals surface area (Å²) in [6, 6.07) is 18.7. The maximum Gasteiger partial charge on any atom is 0.120 e. The molecule has 0 saturated carbocycles. The maximum atomic E-state index is 10.6. The highest BCUT2D eigenvalue weighted by molar-refractivity contribution is 5.93. The number of nitrogens with one attached hydrogen (secondary N) is 1. The zero-order valence-corrected chi connectivity index (χ0v) is 11.3. The minimum Gasteiger partial charge on any atom is -0.508 e. The van der Waals surface area contributed by atoms with Crippen molar-refractivity contribution >= 4 is 22.1 Å². The lowest BCUT2D eigenvalue weighted by atomic mass is 10.1. The zero-order chi connectivity index (χ0) is 14.7. The predicted octanol–water partition coefficient (Wildman–Crippen LogP) is 4.56. The third-order valence-corrected chi connectivity index (χ3v) is 3.43. The molecule has 3 rings (SSSR count). The van der Waals surface area contributed by atoms with Gasteiger partial charge < -0.3 is 10.4 Å². The highest BCUT2D eigenvalue weighted by Crippen LogP contribution is 2.27. The summed E-state index contributed by atoms with van der Waals surface area (Å²) in [5, 5.41) is 18.3. The first kappa shape index (κ1) is 13.1. The normalized spacial score (nSPS) is 10.5. The number of rotatable bonds is 4. The van der Waals surface area contributed by atoms with E-state index in [-0.39, 0.29) is 5.75 Å². The fourth-order valence-corrected chi connectivity index (χ4v) is 2.34. The number of hydrogen-bond acceptors (Lipinski definition) is 4. The predicted molar refractivity (Wildman–Crippen MR) is 84.8 cm³/mol. The molecule has 0 radical (unpaired) electrons. The summed E-state index contributed by atoms with van der Waals surface area (Å²) in [5.74, 6) is 0.148. The van der Waals surface area contributed by atoms with Crippen LogP contribution in [0.2, 0.25) is 0 Å². The van der Waals surface area contributed by atoms with E-state index in [1.165, 1.54) is 12.1 Å². The molecule has 2 N–H and O–H groups in total. The number of phenols is 1. The molecular formula is C17H14N2O2. The van der Waals surface area contributed by atoms with Crippen molar-refractivity contribution in [3.63, 3.8) is 0 Å². The number of anilines is 1. The number of aromatic hydroxyl groups is 1.